The third-order valence-electron chi connectivity index (χ3n) is 5.06. The largest absolute Gasteiger partial charge is 0.466 e. The van der Waals surface area contributed by atoms with Crippen LogP contribution < -0.4 is 15.4 Å². The van der Waals surface area contributed by atoms with Gasteiger partial charge in [0.05, 0.1) is 18.7 Å². The zero-order chi connectivity index (χ0) is 21.0. The molecular weight excluding hydrogens is 368 g/mol. The van der Waals surface area contributed by atoms with Crippen LogP contribution in [0.2, 0.25) is 0 Å². The lowest BCUT2D eigenvalue weighted by Crippen LogP contribution is -2.45. The number of esters is 1. The van der Waals surface area contributed by atoms with Gasteiger partial charge in [-0.25, -0.2) is 9.59 Å². The van der Waals surface area contributed by atoms with Crippen molar-refractivity contribution in [2.24, 2.45) is 0 Å². The summed E-state index contributed by atoms with van der Waals surface area (Å²) in [5, 5.41) is 5.56. The summed E-state index contributed by atoms with van der Waals surface area (Å²) >= 11 is 0. The normalized spacial score (nSPS) is 16.1. The maximum Gasteiger partial charge on any atom is 0.337 e. The molecule has 1 atom stereocenters. The summed E-state index contributed by atoms with van der Waals surface area (Å²) in [7, 11) is 1.34. The number of methoxy groups -OCH3 is 1. The van der Waals surface area contributed by atoms with Gasteiger partial charge in [-0.05, 0) is 55.2 Å². The summed E-state index contributed by atoms with van der Waals surface area (Å²) in [5.41, 5.74) is 4.05. The van der Waals surface area contributed by atoms with Crippen LogP contribution >= 0.6 is 0 Å². The topological polar surface area (TPSA) is 76.7 Å². The van der Waals surface area contributed by atoms with Crippen LogP contribution in [0.25, 0.3) is 0 Å². The molecule has 2 amide bonds. The molecule has 3 rings (SSSR count). The van der Waals surface area contributed by atoms with E-state index in [4.69, 9.17) is 9.47 Å². The van der Waals surface area contributed by atoms with Crippen LogP contribution in [0.5, 0.6) is 11.5 Å². The second-order valence-corrected chi connectivity index (χ2v) is 7.03. The molecule has 2 N–H and O–H groups in total. The Morgan fingerprint density at radius 1 is 1.10 bits per heavy atom. The van der Waals surface area contributed by atoms with Gasteiger partial charge < -0.3 is 20.1 Å². The first-order valence-corrected chi connectivity index (χ1v) is 9.67. The lowest BCUT2D eigenvalue weighted by Gasteiger charge is -2.29. The molecule has 2 aromatic carbocycles. The van der Waals surface area contributed by atoms with Gasteiger partial charge in [-0.2, -0.15) is 0 Å². The van der Waals surface area contributed by atoms with E-state index in [-0.39, 0.29) is 6.03 Å². The summed E-state index contributed by atoms with van der Waals surface area (Å²) < 4.78 is 11.0. The Hall–Kier alpha value is -3.28. The monoisotopic (exact) mass is 394 g/mol. The molecule has 0 spiro atoms. The maximum atomic E-state index is 12.4. The minimum atomic E-state index is -0.576. The van der Waals surface area contributed by atoms with Gasteiger partial charge in [0, 0.05) is 5.70 Å². The summed E-state index contributed by atoms with van der Waals surface area (Å²) in [4.78, 5) is 24.6. The molecule has 0 radical (unpaired) electrons. The first-order valence-electron chi connectivity index (χ1n) is 9.67. The van der Waals surface area contributed by atoms with Crippen molar-refractivity contribution in [2.75, 3.05) is 7.11 Å². The molecule has 0 fully saturated rings. The van der Waals surface area contributed by atoms with Gasteiger partial charge in [0.15, 0.2) is 0 Å². The highest BCUT2D eigenvalue weighted by Gasteiger charge is 2.33. The lowest BCUT2D eigenvalue weighted by atomic mass is 9.94. The molecule has 0 saturated heterocycles. The minimum Gasteiger partial charge on any atom is -0.466 e. The summed E-state index contributed by atoms with van der Waals surface area (Å²) in [5.74, 6) is 1.02. The van der Waals surface area contributed by atoms with Crippen molar-refractivity contribution in [1.29, 1.82) is 0 Å². The number of nitrogens with one attached hydrogen (secondary N) is 2. The first-order chi connectivity index (χ1) is 13.9. The number of hydrogen-bond donors (Lipinski definition) is 2. The van der Waals surface area contributed by atoms with Crippen molar-refractivity contribution in [3.8, 4) is 11.5 Å². The van der Waals surface area contributed by atoms with Crippen LogP contribution in [-0.2, 0) is 9.53 Å². The van der Waals surface area contributed by atoms with Gasteiger partial charge in [-0.15, -0.1) is 0 Å². The predicted octanol–water partition coefficient (Wildman–Crippen LogP) is 4.68. The minimum absolute atomic E-state index is 0.332. The van der Waals surface area contributed by atoms with E-state index in [1.165, 1.54) is 7.11 Å². The van der Waals surface area contributed by atoms with Gasteiger partial charge in [0.1, 0.15) is 11.5 Å². The molecule has 1 unspecified atom stereocenters. The van der Waals surface area contributed by atoms with Crippen molar-refractivity contribution in [1.82, 2.24) is 10.6 Å². The van der Waals surface area contributed by atoms with E-state index >= 15 is 0 Å². The summed E-state index contributed by atoms with van der Waals surface area (Å²) in [6, 6.07) is 12.4. The molecule has 0 saturated carbocycles. The van der Waals surface area contributed by atoms with Gasteiger partial charge in [-0.3, -0.25) is 0 Å². The van der Waals surface area contributed by atoms with Gasteiger partial charge >= 0.3 is 12.0 Å². The standard InChI is InChI=1S/C23H26N2O4/c1-5-7-18-20(22(26)28-4)21(25-23(27)24-18)16-10-12-17(13-11-16)29-19-9-6-8-14(2)15(19)3/h6,8-13,21H,5,7H2,1-4H3,(H2,24,25,27). The van der Waals surface area contributed by atoms with Crippen molar-refractivity contribution >= 4 is 12.0 Å². The molecule has 0 aromatic heterocycles. The number of carbonyl (C=O) groups excluding carboxylic acids is 2. The van der Waals surface area contributed by atoms with Gasteiger partial charge in [0.25, 0.3) is 0 Å². The average Bonchev–Trinajstić information content (AvgIpc) is 2.71. The molecule has 1 aliphatic heterocycles. The summed E-state index contributed by atoms with van der Waals surface area (Å²) in [6.07, 6.45) is 1.38. The number of allylic oxidation sites excluding steroid dienone is 1. The fourth-order valence-electron chi connectivity index (χ4n) is 3.36. The first kappa shape index (κ1) is 20.5. The van der Waals surface area contributed by atoms with Crippen LogP contribution in [0.1, 0.15) is 42.5 Å². The number of hydrogen-bond acceptors (Lipinski definition) is 4. The molecule has 0 aliphatic carbocycles. The molecule has 1 heterocycles. The van der Waals surface area contributed by atoms with Crippen LogP contribution in [0, 0.1) is 13.8 Å². The molecular formula is C23H26N2O4. The molecule has 6 nitrogen and oxygen atoms in total. The van der Waals surface area contributed by atoms with Crippen LogP contribution in [-0.4, -0.2) is 19.1 Å². The lowest BCUT2D eigenvalue weighted by molar-refractivity contribution is -0.136. The SMILES string of the molecule is CCCC1=C(C(=O)OC)C(c2ccc(Oc3cccc(C)c3C)cc2)NC(=O)N1. The van der Waals surface area contributed by atoms with E-state index < -0.39 is 12.0 Å². The van der Waals surface area contributed by atoms with Gasteiger partial charge in [-0.1, -0.05) is 37.6 Å². The van der Waals surface area contributed by atoms with Crippen LogP contribution in [0.4, 0.5) is 4.79 Å². The van der Waals surface area contributed by atoms with E-state index in [1.54, 1.807) is 0 Å². The highest BCUT2D eigenvalue weighted by Crippen LogP contribution is 2.32. The fourth-order valence-corrected chi connectivity index (χ4v) is 3.36. The number of aryl methyl sites for hydroxylation is 1. The van der Waals surface area contributed by atoms with Crippen molar-refractivity contribution in [3.63, 3.8) is 0 Å². The molecule has 0 bridgehead atoms. The molecule has 6 heteroatoms. The van der Waals surface area contributed by atoms with E-state index in [1.807, 2.05) is 63.2 Å². The Morgan fingerprint density at radius 3 is 2.48 bits per heavy atom. The molecule has 29 heavy (non-hydrogen) atoms. The fraction of sp³-hybridized carbons (Fsp3) is 0.304. The quantitative estimate of drug-likeness (QED) is 0.698. The summed E-state index contributed by atoms with van der Waals surface area (Å²) in [6.45, 7) is 6.05. The third-order valence-corrected chi connectivity index (χ3v) is 5.06. The maximum absolute atomic E-state index is 12.4. The number of benzene rings is 2. The molecule has 1 aliphatic rings. The van der Waals surface area contributed by atoms with E-state index in [0.717, 1.165) is 28.9 Å². The Morgan fingerprint density at radius 2 is 1.83 bits per heavy atom. The smallest absolute Gasteiger partial charge is 0.337 e. The number of carbonyl (C=O) groups is 2. The Labute approximate surface area is 170 Å². The Balaban J connectivity index is 1.90. The van der Waals surface area contributed by atoms with Gasteiger partial charge in [0.2, 0.25) is 0 Å². The average molecular weight is 394 g/mol. The zero-order valence-corrected chi connectivity index (χ0v) is 17.2. The molecule has 2 aromatic rings. The van der Waals surface area contributed by atoms with Crippen LogP contribution in [0.15, 0.2) is 53.7 Å². The number of urea groups is 1. The van der Waals surface area contributed by atoms with Crippen molar-refractivity contribution in [3.05, 3.63) is 70.4 Å². The van der Waals surface area contributed by atoms with E-state index in [0.29, 0.717) is 23.4 Å². The second kappa shape index (κ2) is 8.82. The Kier molecular flexibility index (Phi) is 6.22. The number of rotatable bonds is 6. The van der Waals surface area contributed by atoms with E-state index in [2.05, 4.69) is 10.6 Å². The number of ether oxygens (including phenoxy) is 2. The third kappa shape index (κ3) is 4.42. The zero-order valence-electron chi connectivity index (χ0n) is 17.2. The highest BCUT2D eigenvalue weighted by atomic mass is 16.5. The van der Waals surface area contributed by atoms with Crippen molar-refractivity contribution in [2.45, 2.75) is 39.7 Å². The van der Waals surface area contributed by atoms with Crippen LogP contribution in [0.3, 0.4) is 0 Å². The Bertz CT molecular complexity index is 948. The molecule has 152 valence electrons. The second-order valence-electron chi connectivity index (χ2n) is 7.03. The van der Waals surface area contributed by atoms with E-state index in [9.17, 15) is 9.59 Å². The predicted molar refractivity (Wildman–Crippen MR) is 111 cm³/mol. The van der Waals surface area contributed by atoms with Crippen molar-refractivity contribution < 1.29 is 19.1 Å². The number of amides is 2. The highest BCUT2D eigenvalue weighted by molar-refractivity contribution is 5.95.